The summed E-state index contributed by atoms with van der Waals surface area (Å²) in [6.07, 6.45) is 0. The monoisotopic (exact) mass is 225 g/mol. The molecule has 5 heteroatoms. The molecule has 2 aromatic rings. The zero-order chi connectivity index (χ0) is 10.3. The largest absolute Gasteiger partial charge is 0.325 e. The van der Waals surface area contributed by atoms with Gasteiger partial charge in [-0.15, -0.1) is 12.6 Å². The zero-order valence-corrected chi connectivity index (χ0v) is 9.06. The van der Waals surface area contributed by atoms with Gasteiger partial charge in [0.1, 0.15) is 0 Å². The van der Waals surface area contributed by atoms with Crippen molar-refractivity contribution < 1.29 is 4.92 Å². The standard InChI is InChI=1S/C9H7NO2S2/c1-5-2-6-3-9(10(11)12)14-8(6)4-7(5)13/h2-4,13H,1H3. The molecule has 0 aliphatic heterocycles. The number of nitro groups is 1. The molecule has 0 saturated carbocycles. The number of benzene rings is 1. The van der Waals surface area contributed by atoms with Gasteiger partial charge in [0.2, 0.25) is 0 Å². The highest BCUT2D eigenvalue weighted by Gasteiger charge is 2.11. The van der Waals surface area contributed by atoms with Crippen LogP contribution < -0.4 is 0 Å². The SMILES string of the molecule is Cc1cc2cc([N+](=O)[O-])sc2cc1S. The summed E-state index contributed by atoms with van der Waals surface area (Å²) >= 11 is 5.45. The fraction of sp³-hybridized carbons (Fsp3) is 0.111. The molecule has 0 aliphatic carbocycles. The highest BCUT2D eigenvalue weighted by Crippen LogP contribution is 2.33. The van der Waals surface area contributed by atoms with Crippen LogP contribution in [0, 0.1) is 17.0 Å². The van der Waals surface area contributed by atoms with E-state index in [4.69, 9.17) is 0 Å². The first-order chi connectivity index (χ1) is 6.58. The zero-order valence-electron chi connectivity index (χ0n) is 7.35. The summed E-state index contributed by atoms with van der Waals surface area (Å²) in [5.41, 5.74) is 1.04. The van der Waals surface area contributed by atoms with Crippen molar-refractivity contribution in [3.8, 4) is 0 Å². The van der Waals surface area contributed by atoms with Gasteiger partial charge in [-0.1, -0.05) is 11.3 Å². The van der Waals surface area contributed by atoms with Crippen LogP contribution in [0.1, 0.15) is 5.56 Å². The van der Waals surface area contributed by atoms with Gasteiger partial charge in [-0.3, -0.25) is 10.1 Å². The van der Waals surface area contributed by atoms with E-state index < -0.39 is 0 Å². The molecule has 1 heterocycles. The van der Waals surface area contributed by atoms with Crippen molar-refractivity contribution in [1.82, 2.24) is 0 Å². The second-order valence-corrected chi connectivity index (χ2v) is 4.56. The number of hydrogen-bond acceptors (Lipinski definition) is 4. The number of rotatable bonds is 1. The van der Waals surface area contributed by atoms with E-state index >= 15 is 0 Å². The van der Waals surface area contributed by atoms with E-state index in [2.05, 4.69) is 12.6 Å². The molecule has 0 aliphatic rings. The van der Waals surface area contributed by atoms with E-state index in [1.54, 1.807) is 6.07 Å². The topological polar surface area (TPSA) is 43.1 Å². The molecule has 0 bridgehead atoms. The van der Waals surface area contributed by atoms with Crippen LogP contribution in [0.15, 0.2) is 23.1 Å². The molecule has 1 aromatic carbocycles. The van der Waals surface area contributed by atoms with E-state index in [1.165, 1.54) is 11.3 Å². The van der Waals surface area contributed by atoms with Crippen molar-refractivity contribution in [1.29, 1.82) is 0 Å². The van der Waals surface area contributed by atoms with E-state index in [0.29, 0.717) is 0 Å². The Labute approximate surface area is 89.9 Å². The third kappa shape index (κ3) is 1.49. The Morgan fingerprint density at radius 2 is 2.14 bits per heavy atom. The van der Waals surface area contributed by atoms with Gasteiger partial charge in [0, 0.05) is 15.7 Å². The van der Waals surface area contributed by atoms with Gasteiger partial charge in [0.15, 0.2) is 0 Å². The van der Waals surface area contributed by atoms with Gasteiger partial charge >= 0.3 is 5.00 Å². The van der Waals surface area contributed by atoms with Gasteiger partial charge in [0.05, 0.1) is 4.92 Å². The lowest BCUT2D eigenvalue weighted by molar-refractivity contribution is -0.380. The van der Waals surface area contributed by atoms with Crippen LogP contribution in [0.25, 0.3) is 10.1 Å². The molecule has 0 unspecified atom stereocenters. The summed E-state index contributed by atoms with van der Waals surface area (Å²) in [6, 6.07) is 5.38. The molecule has 0 radical (unpaired) electrons. The first-order valence-corrected chi connectivity index (χ1v) is 5.22. The Morgan fingerprint density at radius 1 is 1.43 bits per heavy atom. The second-order valence-electron chi connectivity index (χ2n) is 3.02. The molecule has 14 heavy (non-hydrogen) atoms. The first-order valence-electron chi connectivity index (χ1n) is 3.95. The van der Waals surface area contributed by atoms with Crippen LogP contribution in [-0.4, -0.2) is 4.92 Å². The maximum absolute atomic E-state index is 10.5. The van der Waals surface area contributed by atoms with Crippen LogP contribution in [0.3, 0.4) is 0 Å². The van der Waals surface area contributed by atoms with Gasteiger partial charge in [-0.25, -0.2) is 0 Å². The minimum absolute atomic E-state index is 0.179. The first kappa shape index (κ1) is 9.48. The lowest BCUT2D eigenvalue weighted by atomic mass is 10.2. The minimum atomic E-state index is -0.363. The summed E-state index contributed by atoms with van der Waals surface area (Å²) in [7, 11) is 0. The van der Waals surface area contributed by atoms with Crippen molar-refractivity contribution in [2.45, 2.75) is 11.8 Å². The molecule has 0 spiro atoms. The third-order valence-electron chi connectivity index (χ3n) is 2.00. The van der Waals surface area contributed by atoms with Gasteiger partial charge in [0.25, 0.3) is 0 Å². The maximum Gasteiger partial charge on any atom is 0.325 e. The van der Waals surface area contributed by atoms with Crippen molar-refractivity contribution in [3.63, 3.8) is 0 Å². The molecule has 0 N–H and O–H groups in total. The maximum atomic E-state index is 10.5. The summed E-state index contributed by atoms with van der Waals surface area (Å²) in [5, 5.41) is 11.6. The van der Waals surface area contributed by atoms with E-state index in [0.717, 1.165) is 20.5 Å². The third-order valence-corrected chi connectivity index (χ3v) is 3.53. The molecular weight excluding hydrogens is 218 g/mol. The van der Waals surface area contributed by atoms with Crippen LogP contribution in [0.2, 0.25) is 0 Å². The Hall–Kier alpha value is -1.07. The predicted octanol–water partition coefficient (Wildman–Crippen LogP) is 3.41. The lowest BCUT2D eigenvalue weighted by Gasteiger charge is -1.96. The van der Waals surface area contributed by atoms with Gasteiger partial charge in [-0.2, -0.15) is 0 Å². The van der Waals surface area contributed by atoms with Crippen molar-refractivity contribution >= 4 is 39.1 Å². The molecule has 0 fully saturated rings. The molecule has 72 valence electrons. The molecule has 2 rings (SSSR count). The van der Waals surface area contributed by atoms with Crippen LogP contribution in [-0.2, 0) is 0 Å². The number of thiol groups is 1. The fourth-order valence-electron chi connectivity index (χ4n) is 1.27. The summed E-state index contributed by atoms with van der Waals surface area (Å²) in [5.74, 6) is 0. The number of thiophene rings is 1. The molecule has 0 atom stereocenters. The molecule has 0 amide bonds. The van der Waals surface area contributed by atoms with E-state index in [1.807, 2.05) is 19.1 Å². The second kappa shape index (κ2) is 3.25. The number of aryl methyl sites for hydroxylation is 1. The summed E-state index contributed by atoms with van der Waals surface area (Å²) in [4.78, 5) is 11.0. The van der Waals surface area contributed by atoms with Crippen molar-refractivity contribution in [2.75, 3.05) is 0 Å². The molecule has 3 nitrogen and oxygen atoms in total. The number of hydrogen-bond donors (Lipinski definition) is 1. The number of nitrogens with zero attached hydrogens (tertiary/aromatic N) is 1. The lowest BCUT2D eigenvalue weighted by Crippen LogP contribution is -1.80. The molecule has 1 aromatic heterocycles. The highest BCUT2D eigenvalue weighted by atomic mass is 32.1. The van der Waals surface area contributed by atoms with Gasteiger partial charge < -0.3 is 0 Å². The minimum Gasteiger partial charge on any atom is -0.258 e. The Morgan fingerprint density at radius 3 is 2.79 bits per heavy atom. The highest BCUT2D eigenvalue weighted by molar-refractivity contribution is 7.80. The van der Waals surface area contributed by atoms with Crippen molar-refractivity contribution in [2.24, 2.45) is 0 Å². The predicted molar refractivity (Wildman–Crippen MR) is 60.5 cm³/mol. The average molecular weight is 225 g/mol. The van der Waals surface area contributed by atoms with E-state index in [9.17, 15) is 10.1 Å². The Balaban J connectivity index is 2.72. The Bertz CT molecular complexity index is 480. The van der Waals surface area contributed by atoms with E-state index in [-0.39, 0.29) is 9.92 Å². The summed E-state index contributed by atoms with van der Waals surface area (Å²) in [6.45, 7) is 1.94. The van der Waals surface area contributed by atoms with Crippen LogP contribution in [0.4, 0.5) is 5.00 Å². The Kier molecular flexibility index (Phi) is 2.20. The quantitative estimate of drug-likeness (QED) is 0.459. The summed E-state index contributed by atoms with van der Waals surface area (Å²) < 4.78 is 0.910. The fourth-order valence-corrected chi connectivity index (χ4v) is 2.45. The number of fused-ring (bicyclic) bond motifs is 1. The van der Waals surface area contributed by atoms with Crippen LogP contribution >= 0.6 is 24.0 Å². The van der Waals surface area contributed by atoms with Crippen LogP contribution in [0.5, 0.6) is 0 Å². The normalized spacial score (nSPS) is 10.7. The van der Waals surface area contributed by atoms with Crippen molar-refractivity contribution in [3.05, 3.63) is 33.9 Å². The molecule has 0 saturated heterocycles. The van der Waals surface area contributed by atoms with Gasteiger partial charge in [-0.05, 0) is 30.0 Å². The average Bonchev–Trinajstić information content (AvgIpc) is 2.48. The molecular formula is C9H7NO2S2. The smallest absolute Gasteiger partial charge is 0.258 e.